The highest BCUT2D eigenvalue weighted by molar-refractivity contribution is 6.23. The first-order valence-corrected chi connectivity index (χ1v) is 17.0. The second kappa shape index (κ2) is 18.7. The Morgan fingerprint density at radius 3 is 1.43 bits per heavy atom. The van der Waals surface area contributed by atoms with Crippen molar-refractivity contribution in [3.8, 4) is 0 Å². The van der Waals surface area contributed by atoms with E-state index in [1.165, 1.54) is 18.2 Å². The Balaban J connectivity index is 1.82. The molecule has 2 fully saturated rings. The standard InChI is InChI=1S/C36H40O20/c1-15(37)46-13-26-29(48-17(3)39)31(49-18(4)40)34(52-21(7)43)36(55-26)56-30-27(14-47-16(2)38)54-35(33(51-20(6)42)32(30)50-19(5)41)53-25-12-24(44)22-10-8-9-11-23(22)28(25)45/h8-12,26-27,29-36H,13-14H2,1-7H3/t26-,27-,29-,30-,31+,32+,33-,34-,35-,36-/m1/s1. The van der Waals surface area contributed by atoms with Gasteiger partial charge in [-0.2, -0.15) is 0 Å². The number of ether oxygens (including phenoxy) is 11. The summed E-state index contributed by atoms with van der Waals surface area (Å²) in [7, 11) is 0. The van der Waals surface area contributed by atoms with Gasteiger partial charge in [0, 0.05) is 65.7 Å². The molecule has 2 aliphatic heterocycles. The number of benzene rings is 1. The molecule has 1 aliphatic carbocycles. The van der Waals surface area contributed by atoms with E-state index >= 15 is 0 Å². The normalized spacial score (nSPS) is 28.3. The quantitative estimate of drug-likeness (QED) is 0.196. The second-order valence-corrected chi connectivity index (χ2v) is 12.5. The van der Waals surface area contributed by atoms with Crippen LogP contribution in [-0.4, -0.2) is 128 Å². The summed E-state index contributed by atoms with van der Waals surface area (Å²) in [6.45, 7) is 5.83. The smallest absolute Gasteiger partial charge is 0.303 e. The fraction of sp³-hybridized carbons (Fsp3) is 0.528. The molecule has 0 spiro atoms. The number of esters is 7. The van der Waals surface area contributed by atoms with Crippen molar-refractivity contribution in [2.75, 3.05) is 13.2 Å². The number of carbonyl (C=O) groups excluding carboxylic acids is 9. The van der Waals surface area contributed by atoms with E-state index in [1.54, 1.807) is 6.07 Å². The Labute approximate surface area is 318 Å². The summed E-state index contributed by atoms with van der Waals surface area (Å²) in [5.41, 5.74) is 0.0856. The zero-order chi connectivity index (χ0) is 41.4. The van der Waals surface area contributed by atoms with Crippen molar-refractivity contribution in [2.45, 2.75) is 110 Å². The van der Waals surface area contributed by atoms with Crippen LogP contribution in [0.4, 0.5) is 0 Å². The van der Waals surface area contributed by atoms with Crippen LogP contribution in [0.25, 0.3) is 0 Å². The average molecular weight is 793 g/mol. The van der Waals surface area contributed by atoms with Gasteiger partial charge in [-0.15, -0.1) is 0 Å². The minimum atomic E-state index is -1.89. The van der Waals surface area contributed by atoms with E-state index in [1.807, 2.05) is 0 Å². The van der Waals surface area contributed by atoms with Crippen LogP contribution >= 0.6 is 0 Å². The SMILES string of the molecule is CC(=O)OC[C@H]1O[C@H](O[C@H]2[C@H](OC(C)=O)[C@@H](OC(C)=O)[C@H](OC3=CC(=O)c4ccccc4C3=O)O[C@@H]2COC(C)=O)[C@H](OC(C)=O)[C@@H](OC(C)=O)[C@@H]1OC(C)=O. The van der Waals surface area contributed by atoms with Gasteiger partial charge in [0.1, 0.15) is 31.5 Å². The summed E-state index contributed by atoms with van der Waals surface area (Å²) < 4.78 is 62.1. The molecule has 0 amide bonds. The van der Waals surface area contributed by atoms with E-state index < -0.39 is 134 Å². The van der Waals surface area contributed by atoms with Gasteiger partial charge in [0.2, 0.25) is 18.2 Å². The van der Waals surface area contributed by atoms with Gasteiger partial charge in [-0.05, 0) is 0 Å². The summed E-state index contributed by atoms with van der Waals surface area (Å²) in [5.74, 6) is -8.26. The van der Waals surface area contributed by atoms with E-state index in [2.05, 4.69) is 0 Å². The van der Waals surface area contributed by atoms with Gasteiger partial charge in [-0.25, -0.2) is 0 Å². The third kappa shape index (κ3) is 10.9. The molecule has 20 nitrogen and oxygen atoms in total. The van der Waals surface area contributed by atoms with Crippen LogP contribution in [0.3, 0.4) is 0 Å². The number of ketones is 2. The molecular formula is C36H40O20. The number of hydrogen-bond donors (Lipinski definition) is 0. The zero-order valence-corrected chi connectivity index (χ0v) is 31.2. The molecule has 0 N–H and O–H groups in total. The predicted octanol–water partition coefficient (Wildman–Crippen LogP) is 0.586. The van der Waals surface area contributed by atoms with Gasteiger partial charge in [0.25, 0.3) is 0 Å². The highest BCUT2D eigenvalue weighted by Crippen LogP contribution is 2.37. The van der Waals surface area contributed by atoms with Crippen molar-refractivity contribution in [2.24, 2.45) is 0 Å². The molecule has 0 aromatic heterocycles. The van der Waals surface area contributed by atoms with Crippen LogP contribution in [0.5, 0.6) is 0 Å². The van der Waals surface area contributed by atoms with Gasteiger partial charge >= 0.3 is 41.8 Å². The van der Waals surface area contributed by atoms with E-state index in [-0.39, 0.29) is 11.1 Å². The van der Waals surface area contributed by atoms with Crippen LogP contribution in [0.2, 0.25) is 0 Å². The molecule has 1 aromatic rings. The van der Waals surface area contributed by atoms with Crippen LogP contribution in [0.15, 0.2) is 36.1 Å². The third-order valence-corrected chi connectivity index (χ3v) is 8.05. The Bertz CT molecular complexity index is 1770. The summed E-state index contributed by atoms with van der Waals surface area (Å²) in [6.07, 6.45) is -16.3. The molecule has 20 heteroatoms. The second-order valence-electron chi connectivity index (χ2n) is 12.5. The maximum atomic E-state index is 13.5. The van der Waals surface area contributed by atoms with Gasteiger partial charge in [0.05, 0.1) is 0 Å². The highest BCUT2D eigenvalue weighted by Gasteiger charge is 2.58. The lowest BCUT2D eigenvalue weighted by atomic mass is 9.93. The van der Waals surface area contributed by atoms with E-state index in [0.29, 0.717) is 0 Å². The summed E-state index contributed by atoms with van der Waals surface area (Å²) in [6, 6.07) is 5.90. The molecule has 304 valence electrons. The zero-order valence-electron chi connectivity index (χ0n) is 31.2. The molecular weight excluding hydrogens is 752 g/mol. The lowest BCUT2D eigenvalue weighted by molar-refractivity contribution is -0.358. The van der Waals surface area contributed by atoms with Crippen molar-refractivity contribution in [1.82, 2.24) is 0 Å². The number of Topliss-reactive ketones (excluding diaryl/α,β-unsaturated/α-hetero) is 1. The monoisotopic (exact) mass is 792 g/mol. The highest BCUT2D eigenvalue weighted by atomic mass is 16.8. The molecule has 56 heavy (non-hydrogen) atoms. The number of fused-ring (bicyclic) bond motifs is 1. The number of allylic oxidation sites excluding steroid dienone is 2. The summed E-state index contributed by atoms with van der Waals surface area (Å²) in [4.78, 5) is 112. The molecule has 10 atom stereocenters. The number of carbonyl (C=O) groups is 9. The number of rotatable bonds is 13. The van der Waals surface area contributed by atoms with Gasteiger partial charge < -0.3 is 52.1 Å². The Kier molecular flexibility index (Phi) is 14.4. The maximum Gasteiger partial charge on any atom is 0.303 e. The molecule has 0 radical (unpaired) electrons. The lowest BCUT2D eigenvalue weighted by Gasteiger charge is -2.48. The van der Waals surface area contributed by atoms with E-state index in [4.69, 9.17) is 52.1 Å². The molecule has 2 heterocycles. The van der Waals surface area contributed by atoms with E-state index in [9.17, 15) is 43.2 Å². The van der Waals surface area contributed by atoms with Gasteiger partial charge in [0.15, 0.2) is 42.2 Å². The fourth-order valence-electron chi connectivity index (χ4n) is 6.07. The minimum absolute atomic E-state index is 0.00675. The van der Waals surface area contributed by atoms with Crippen LogP contribution in [0, 0.1) is 0 Å². The van der Waals surface area contributed by atoms with Crippen molar-refractivity contribution >= 4 is 53.4 Å². The first-order chi connectivity index (χ1) is 26.4. The molecule has 0 saturated carbocycles. The first-order valence-electron chi connectivity index (χ1n) is 17.0. The maximum absolute atomic E-state index is 13.5. The third-order valence-electron chi connectivity index (χ3n) is 8.05. The summed E-state index contributed by atoms with van der Waals surface area (Å²) in [5, 5.41) is 0. The minimum Gasteiger partial charge on any atom is -0.463 e. The van der Waals surface area contributed by atoms with Crippen molar-refractivity contribution < 1.29 is 95.3 Å². The molecule has 3 aliphatic rings. The lowest BCUT2D eigenvalue weighted by Crippen LogP contribution is -2.67. The van der Waals surface area contributed by atoms with Gasteiger partial charge in [-0.1, -0.05) is 24.3 Å². The molecule has 0 bridgehead atoms. The number of hydrogen-bond acceptors (Lipinski definition) is 20. The Morgan fingerprint density at radius 2 is 0.929 bits per heavy atom. The molecule has 2 saturated heterocycles. The van der Waals surface area contributed by atoms with Crippen molar-refractivity contribution in [3.05, 3.63) is 47.2 Å². The van der Waals surface area contributed by atoms with Crippen LogP contribution < -0.4 is 0 Å². The predicted molar refractivity (Wildman–Crippen MR) is 178 cm³/mol. The first kappa shape index (κ1) is 43.0. The Hall–Kier alpha value is -5.73. The summed E-state index contributed by atoms with van der Waals surface area (Å²) >= 11 is 0. The van der Waals surface area contributed by atoms with Crippen LogP contribution in [-0.2, 0) is 85.7 Å². The fourth-order valence-corrected chi connectivity index (χ4v) is 6.07. The van der Waals surface area contributed by atoms with Crippen LogP contribution in [0.1, 0.15) is 69.2 Å². The largest absolute Gasteiger partial charge is 0.463 e. The van der Waals surface area contributed by atoms with Gasteiger partial charge in [-0.3, -0.25) is 43.2 Å². The van der Waals surface area contributed by atoms with Crippen molar-refractivity contribution in [3.63, 3.8) is 0 Å². The molecule has 4 rings (SSSR count). The average Bonchev–Trinajstić information content (AvgIpc) is 3.09. The molecule has 0 unspecified atom stereocenters. The Morgan fingerprint density at radius 1 is 0.518 bits per heavy atom. The van der Waals surface area contributed by atoms with E-state index in [0.717, 1.165) is 54.5 Å². The van der Waals surface area contributed by atoms with Crippen molar-refractivity contribution in [1.29, 1.82) is 0 Å². The molecule has 1 aromatic carbocycles. The topological polar surface area (TPSA) is 255 Å².